The van der Waals surface area contributed by atoms with Crippen LogP contribution in [0.25, 0.3) is 0 Å². The summed E-state index contributed by atoms with van der Waals surface area (Å²) in [5.74, 6) is -1.13. The minimum atomic E-state index is -1.04. The zero-order valence-electron chi connectivity index (χ0n) is 9.01. The molecule has 1 amide bonds. The lowest BCUT2D eigenvalue weighted by Gasteiger charge is -2.12. The van der Waals surface area contributed by atoms with E-state index in [1.165, 1.54) is 28.9 Å². The number of nitrogens with one attached hydrogen (secondary N) is 1. The first-order valence-electron chi connectivity index (χ1n) is 4.55. The molecule has 6 nitrogen and oxygen atoms in total. The van der Waals surface area contributed by atoms with Crippen molar-refractivity contribution in [2.24, 2.45) is 7.05 Å². The van der Waals surface area contributed by atoms with E-state index in [0.29, 0.717) is 11.4 Å². The van der Waals surface area contributed by atoms with Gasteiger partial charge in [-0.25, -0.2) is 9.78 Å². The predicted octanol–water partition coefficient (Wildman–Crippen LogP) is -0.0339. The Hall–Kier alpha value is -1.50. The van der Waals surface area contributed by atoms with E-state index < -0.39 is 17.9 Å². The molecule has 0 aromatic carbocycles. The Balaban J connectivity index is 2.69. The summed E-state index contributed by atoms with van der Waals surface area (Å²) in [7, 11) is 1.67. The van der Waals surface area contributed by atoms with E-state index in [4.69, 9.17) is 5.11 Å². The molecule has 0 aliphatic rings. The van der Waals surface area contributed by atoms with Crippen LogP contribution in [0.15, 0.2) is 12.5 Å². The smallest absolute Gasteiger partial charge is 0.327 e. The number of rotatable bonds is 5. The number of nitrogens with zero attached hydrogens (tertiary/aromatic N) is 2. The number of hydrogen-bond acceptors (Lipinski definition) is 4. The fraction of sp³-hybridized carbons (Fsp3) is 0.444. The highest BCUT2D eigenvalue weighted by Crippen LogP contribution is 2.01. The Kier molecular flexibility index (Phi) is 4.36. The molecule has 2 N–H and O–H groups in total. The topological polar surface area (TPSA) is 84.2 Å². The minimum absolute atomic E-state index is 0.332. The lowest BCUT2D eigenvalue weighted by molar-refractivity contribution is -0.138. The summed E-state index contributed by atoms with van der Waals surface area (Å²) in [4.78, 5) is 26.3. The molecule has 88 valence electrons. The highest BCUT2D eigenvalue weighted by molar-refractivity contribution is 7.98. The van der Waals surface area contributed by atoms with Gasteiger partial charge in [-0.1, -0.05) is 0 Å². The number of aromatic nitrogens is 2. The molecule has 1 rings (SSSR count). The van der Waals surface area contributed by atoms with Crippen molar-refractivity contribution in [1.29, 1.82) is 0 Å². The second-order valence-electron chi connectivity index (χ2n) is 3.21. The minimum Gasteiger partial charge on any atom is -0.480 e. The lowest BCUT2D eigenvalue weighted by atomic mass is 10.3. The van der Waals surface area contributed by atoms with E-state index >= 15 is 0 Å². The molecule has 1 aromatic heterocycles. The monoisotopic (exact) mass is 243 g/mol. The molecule has 0 aliphatic heterocycles. The molecular weight excluding hydrogens is 230 g/mol. The van der Waals surface area contributed by atoms with Crippen molar-refractivity contribution in [3.05, 3.63) is 18.2 Å². The van der Waals surface area contributed by atoms with Gasteiger partial charge in [0, 0.05) is 12.8 Å². The Bertz CT molecular complexity index is 391. The molecule has 0 saturated carbocycles. The maximum Gasteiger partial charge on any atom is 0.327 e. The Morgan fingerprint density at radius 1 is 1.69 bits per heavy atom. The number of aryl methyl sites for hydroxylation is 1. The summed E-state index contributed by atoms with van der Waals surface area (Å²) in [6.07, 6.45) is 4.67. The van der Waals surface area contributed by atoms with E-state index in [1.54, 1.807) is 13.3 Å². The van der Waals surface area contributed by atoms with Crippen molar-refractivity contribution >= 4 is 23.6 Å². The van der Waals surface area contributed by atoms with Crippen LogP contribution in [0.2, 0.25) is 0 Å². The van der Waals surface area contributed by atoms with E-state index in [9.17, 15) is 9.59 Å². The molecule has 0 fully saturated rings. The van der Waals surface area contributed by atoms with E-state index in [0.717, 1.165) is 0 Å². The van der Waals surface area contributed by atoms with Gasteiger partial charge in [0.2, 0.25) is 0 Å². The van der Waals surface area contributed by atoms with Gasteiger partial charge in [0.15, 0.2) is 0 Å². The van der Waals surface area contributed by atoms with Crippen molar-refractivity contribution in [2.75, 3.05) is 12.0 Å². The number of amides is 1. The number of hydrogen-bond donors (Lipinski definition) is 2. The van der Waals surface area contributed by atoms with Crippen LogP contribution in [0.1, 0.15) is 10.5 Å². The van der Waals surface area contributed by atoms with Crippen molar-refractivity contribution < 1.29 is 14.7 Å². The van der Waals surface area contributed by atoms with E-state index in [2.05, 4.69) is 10.3 Å². The number of aliphatic carboxylic acids is 1. The number of carbonyl (C=O) groups is 2. The molecule has 1 heterocycles. The molecule has 0 saturated heterocycles. The Morgan fingerprint density at radius 3 is 2.81 bits per heavy atom. The lowest BCUT2D eigenvalue weighted by Crippen LogP contribution is -2.43. The fourth-order valence-electron chi connectivity index (χ4n) is 1.15. The van der Waals surface area contributed by atoms with Crippen LogP contribution in [0.5, 0.6) is 0 Å². The van der Waals surface area contributed by atoms with Gasteiger partial charge in [0.05, 0.1) is 12.5 Å². The van der Waals surface area contributed by atoms with Crippen LogP contribution >= 0.6 is 11.8 Å². The van der Waals surface area contributed by atoms with Crippen LogP contribution in [-0.2, 0) is 11.8 Å². The van der Waals surface area contributed by atoms with Crippen LogP contribution in [0.4, 0.5) is 0 Å². The summed E-state index contributed by atoms with van der Waals surface area (Å²) < 4.78 is 1.54. The number of imidazole rings is 1. The summed E-state index contributed by atoms with van der Waals surface area (Å²) in [5, 5.41) is 11.3. The van der Waals surface area contributed by atoms with Crippen LogP contribution in [0.3, 0.4) is 0 Å². The standard InChI is InChI=1S/C9H13N3O3S/c1-12-5-10-3-7(12)8(13)11-6(4-16-2)9(14)15/h3,5-6H,4H2,1-2H3,(H,11,13)(H,14,15)/t6-/m0/s1. The van der Waals surface area contributed by atoms with Gasteiger partial charge in [-0.05, 0) is 6.26 Å². The van der Waals surface area contributed by atoms with Crippen LogP contribution in [0, 0.1) is 0 Å². The van der Waals surface area contributed by atoms with Gasteiger partial charge in [0.1, 0.15) is 11.7 Å². The summed E-state index contributed by atoms with van der Waals surface area (Å²) in [5.41, 5.74) is 0.340. The second kappa shape index (κ2) is 5.55. The largest absolute Gasteiger partial charge is 0.480 e. The molecule has 1 atom stereocenters. The molecule has 0 spiro atoms. The molecule has 0 bridgehead atoms. The van der Waals surface area contributed by atoms with E-state index in [-0.39, 0.29) is 0 Å². The first-order chi connectivity index (χ1) is 7.56. The molecule has 1 aromatic rings. The average molecular weight is 243 g/mol. The fourth-order valence-corrected chi connectivity index (χ4v) is 1.71. The quantitative estimate of drug-likeness (QED) is 0.758. The molecule has 0 radical (unpaired) electrons. The van der Waals surface area contributed by atoms with Crippen molar-refractivity contribution in [2.45, 2.75) is 6.04 Å². The predicted molar refractivity (Wildman–Crippen MR) is 60.5 cm³/mol. The number of carbonyl (C=O) groups excluding carboxylic acids is 1. The van der Waals surface area contributed by atoms with Gasteiger partial charge in [-0.15, -0.1) is 0 Å². The zero-order chi connectivity index (χ0) is 12.1. The van der Waals surface area contributed by atoms with Gasteiger partial charge < -0.3 is 15.0 Å². The van der Waals surface area contributed by atoms with Gasteiger partial charge in [-0.2, -0.15) is 11.8 Å². The highest BCUT2D eigenvalue weighted by atomic mass is 32.2. The second-order valence-corrected chi connectivity index (χ2v) is 4.12. The molecule has 16 heavy (non-hydrogen) atoms. The third-order valence-electron chi connectivity index (χ3n) is 1.99. The number of thioether (sulfide) groups is 1. The molecule has 7 heteroatoms. The zero-order valence-corrected chi connectivity index (χ0v) is 9.82. The van der Waals surface area contributed by atoms with Crippen LogP contribution in [-0.4, -0.2) is 44.6 Å². The van der Waals surface area contributed by atoms with Gasteiger partial charge in [0.25, 0.3) is 5.91 Å². The molecular formula is C9H13N3O3S. The normalized spacial score (nSPS) is 12.1. The molecule has 0 unspecified atom stereocenters. The Morgan fingerprint density at radius 2 is 2.38 bits per heavy atom. The van der Waals surface area contributed by atoms with Crippen molar-refractivity contribution in [1.82, 2.24) is 14.9 Å². The number of carboxylic acids is 1. The molecule has 0 aliphatic carbocycles. The maximum atomic E-state index is 11.7. The summed E-state index contributed by atoms with van der Waals surface area (Å²) in [6.45, 7) is 0. The highest BCUT2D eigenvalue weighted by Gasteiger charge is 2.21. The first-order valence-corrected chi connectivity index (χ1v) is 5.94. The van der Waals surface area contributed by atoms with Crippen LogP contribution < -0.4 is 5.32 Å². The third-order valence-corrected chi connectivity index (χ3v) is 2.65. The van der Waals surface area contributed by atoms with Crippen molar-refractivity contribution in [3.63, 3.8) is 0 Å². The summed E-state index contributed by atoms with van der Waals surface area (Å²) >= 11 is 1.36. The van der Waals surface area contributed by atoms with Gasteiger partial charge >= 0.3 is 5.97 Å². The average Bonchev–Trinajstić information content (AvgIpc) is 2.63. The maximum absolute atomic E-state index is 11.7. The van der Waals surface area contributed by atoms with E-state index in [1.807, 2.05) is 0 Å². The summed E-state index contributed by atoms with van der Waals surface area (Å²) in [6, 6.07) is -0.877. The third kappa shape index (κ3) is 2.99. The Labute approximate surface area is 97.1 Å². The van der Waals surface area contributed by atoms with Gasteiger partial charge in [-0.3, -0.25) is 4.79 Å². The van der Waals surface area contributed by atoms with Crippen molar-refractivity contribution in [3.8, 4) is 0 Å². The first kappa shape index (κ1) is 12.6. The SMILES string of the molecule is CSC[C@H](NC(=O)c1cncn1C)C(=O)O. The number of carboxylic acid groups (broad SMARTS) is 1.